The Kier molecular flexibility index (Phi) is 2.68. The molecular formula is C26H15NS. The minimum Gasteiger partial charge on any atom is -0.354 e. The molecule has 0 unspecified atom stereocenters. The maximum absolute atomic E-state index is 3.70. The van der Waals surface area contributed by atoms with E-state index in [9.17, 15) is 0 Å². The zero-order chi connectivity index (χ0) is 18.2. The first-order valence-corrected chi connectivity index (χ1v) is 10.4. The van der Waals surface area contributed by atoms with Crippen LogP contribution in [0, 0.1) is 0 Å². The number of aromatic amines is 1. The monoisotopic (exact) mass is 373 g/mol. The van der Waals surface area contributed by atoms with Crippen LogP contribution in [0.25, 0.3) is 63.5 Å². The maximum Gasteiger partial charge on any atom is 0.0545 e. The maximum atomic E-state index is 3.70. The van der Waals surface area contributed by atoms with Gasteiger partial charge in [0.1, 0.15) is 0 Å². The zero-order valence-corrected chi connectivity index (χ0v) is 15.8. The minimum atomic E-state index is 1.22. The summed E-state index contributed by atoms with van der Waals surface area (Å²) in [4.78, 5) is 3.70. The second-order valence-electron chi connectivity index (χ2n) is 7.46. The van der Waals surface area contributed by atoms with E-state index in [4.69, 9.17) is 0 Å². The molecule has 0 aliphatic heterocycles. The van der Waals surface area contributed by atoms with Crippen LogP contribution in [0.15, 0.2) is 84.9 Å². The summed E-state index contributed by atoms with van der Waals surface area (Å²) in [7, 11) is 0. The highest BCUT2D eigenvalue weighted by atomic mass is 32.1. The fourth-order valence-electron chi connectivity index (χ4n) is 4.69. The molecule has 2 heterocycles. The number of H-pyrrole nitrogens is 1. The molecule has 0 amide bonds. The van der Waals surface area contributed by atoms with Crippen LogP contribution < -0.4 is 0 Å². The van der Waals surface area contributed by atoms with Crippen molar-refractivity contribution in [3.05, 3.63) is 84.9 Å². The highest BCUT2D eigenvalue weighted by molar-refractivity contribution is 7.27. The summed E-state index contributed by atoms with van der Waals surface area (Å²) >= 11 is 1.93. The van der Waals surface area contributed by atoms with Gasteiger partial charge in [-0.25, -0.2) is 0 Å². The largest absolute Gasteiger partial charge is 0.354 e. The van der Waals surface area contributed by atoms with Gasteiger partial charge in [0.2, 0.25) is 0 Å². The smallest absolute Gasteiger partial charge is 0.0545 e. The molecular weight excluding hydrogens is 358 g/mol. The lowest BCUT2D eigenvalue weighted by atomic mass is 10.0. The van der Waals surface area contributed by atoms with E-state index in [0.717, 1.165) is 0 Å². The molecule has 0 atom stereocenters. The Labute approximate surface area is 164 Å². The van der Waals surface area contributed by atoms with E-state index in [1.165, 1.54) is 63.5 Å². The van der Waals surface area contributed by atoms with Crippen molar-refractivity contribution in [2.24, 2.45) is 0 Å². The van der Waals surface area contributed by atoms with Gasteiger partial charge < -0.3 is 4.98 Å². The average molecular weight is 373 g/mol. The number of hydrogen-bond donors (Lipinski definition) is 1. The Morgan fingerprint density at radius 3 is 2.00 bits per heavy atom. The molecule has 7 rings (SSSR count). The number of aromatic nitrogens is 1. The van der Waals surface area contributed by atoms with Gasteiger partial charge in [-0.1, -0.05) is 78.9 Å². The number of benzene rings is 5. The molecule has 1 nitrogen and oxygen atoms in total. The lowest BCUT2D eigenvalue weighted by Gasteiger charge is -1.99. The number of fused-ring (bicyclic) bond motifs is 11. The van der Waals surface area contributed by atoms with Crippen LogP contribution in [0.3, 0.4) is 0 Å². The fraction of sp³-hybridized carbons (Fsp3) is 0. The molecule has 0 bridgehead atoms. The van der Waals surface area contributed by atoms with Gasteiger partial charge in [-0.3, -0.25) is 0 Å². The van der Waals surface area contributed by atoms with Crippen molar-refractivity contribution in [2.75, 3.05) is 0 Å². The first-order chi connectivity index (χ1) is 13.9. The van der Waals surface area contributed by atoms with Gasteiger partial charge in [0.15, 0.2) is 0 Å². The summed E-state index contributed by atoms with van der Waals surface area (Å²) in [6.07, 6.45) is 0. The molecule has 28 heavy (non-hydrogen) atoms. The van der Waals surface area contributed by atoms with E-state index in [1.807, 2.05) is 11.3 Å². The van der Waals surface area contributed by atoms with E-state index in [-0.39, 0.29) is 0 Å². The molecule has 0 aliphatic carbocycles. The van der Waals surface area contributed by atoms with Crippen molar-refractivity contribution in [3.63, 3.8) is 0 Å². The summed E-state index contributed by atoms with van der Waals surface area (Å²) in [6.45, 7) is 0. The summed E-state index contributed by atoms with van der Waals surface area (Å²) in [5.74, 6) is 0. The van der Waals surface area contributed by atoms with Gasteiger partial charge in [0, 0.05) is 41.8 Å². The Morgan fingerprint density at radius 2 is 1.14 bits per heavy atom. The average Bonchev–Trinajstić information content (AvgIpc) is 3.32. The second kappa shape index (κ2) is 5.12. The van der Waals surface area contributed by atoms with E-state index in [0.29, 0.717) is 0 Å². The number of hydrogen-bond acceptors (Lipinski definition) is 1. The van der Waals surface area contributed by atoms with Crippen molar-refractivity contribution in [1.29, 1.82) is 0 Å². The van der Waals surface area contributed by atoms with Crippen LogP contribution in [-0.4, -0.2) is 4.98 Å². The van der Waals surface area contributed by atoms with Crippen LogP contribution >= 0.6 is 11.3 Å². The van der Waals surface area contributed by atoms with Gasteiger partial charge in [-0.05, 0) is 22.2 Å². The molecule has 0 saturated heterocycles. The quantitative estimate of drug-likeness (QED) is 0.277. The first-order valence-electron chi connectivity index (χ1n) is 9.54. The van der Waals surface area contributed by atoms with Gasteiger partial charge >= 0.3 is 0 Å². The standard InChI is InChI=1S/C26H15NS/c1-3-7-17-15(5-1)10-12-21-23-22(27-24(17)21)14-13-20-19-11-9-16-6-2-4-8-18(16)25(19)28-26(20)23/h1-14,27H. The van der Waals surface area contributed by atoms with Crippen molar-refractivity contribution in [1.82, 2.24) is 4.98 Å². The predicted molar refractivity (Wildman–Crippen MR) is 124 cm³/mol. The molecule has 0 spiro atoms. The van der Waals surface area contributed by atoms with E-state index in [2.05, 4.69) is 89.9 Å². The van der Waals surface area contributed by atoms with Crippen LogP contribution in [0.1, 0.15) is 0 Å². The molecule has 0 radical (unpaired) electrons. The van der Waals surface area contributed by atoms with E-state index in [1.54, 1.807) is 0 Å². The zero-order valence-electron chi connectivity index (χ0n) is 15.0. The highest BCUT2D eigenvalue weighted by Gasteiger charge is 2.15. The van der Waals surface area contributed by atoms with Crippen molar-refractivity contribution < 1.29 is 0 Å². The Morgan fingerprint density at radius 1 is 0.500 bits per heavy atom. The van der Waals surface area contributed by atoms with Crippen LogP contribution in [-0.2, 0) is 0 Å². The molecule has 1 N–H and O–H groups in total. The summed E-state index contributed by atoms with van der Waals surface area (Å²) in [5, 5.41) is 10.6. The molecule has 2 heteroatoms. The Hall–Kier alpha value is -3.36. The molecule has 130 valence electrons. The third kappa shape index (κ3) is 1.76. The van der Waals surface area contributed by atoms with Crippen molar-refractivity contribution in [2.45, 2.75) is 0 Å². The third-order valence-electron chi connectivity index (χ3n) is 5.99. The molecule has 0 aliphatic rings. The first kappa shape index (κ1) is 14.7. The summed E-state index contributed by atoms with van der Waals surface area (Å²) in [6, 6.07) is 30.9. The third-order valence-corrected chi connectivity index (χ3v) is 7.26. The summed E-state index contributed by atoms with van der Waals surface area (Å²) < 4.78 is 2.76. The highest BCUT2D eigenvalue weighted by Crippen LogP contribution is 2.44. The lowest BCUT2D eigenvalue weighted by molar-refractivity contribution is 1.57. The molecule has 0 saturated carbocycles. The lowest BCUT2D eigenvalue weighted by Crippen LogP contribution is -1.74. The second-order valence-corrected chi connectivity index (χ2v) is 8.49. The normalized spacial score (nSPS) is 12.3. The number of nitrogens with one attached hydrogen (secondary N) is 1. The molecule has 0 fully saturated rings. The molecule has 7 aromatic rings. The molecule has 5 aromatic carbocycles. The summed E-state index contributed by atoms with van der Waals surface area (Å²) in [5.41, 5.74) is 2.46. The topological polar surface area (TPSA) is 15.8 Å². The van der Waals surface area contributed by atoms with E-state index >= 15 is 0 Å². The van der Waals surface area contributed by atoms with Crippen LogP contribution in [0.5, 0.6) is 0 Å². The van der Waals surface area contributed by atoms with Gasteiger partial charge in [0.05, 0.1) is 5.52 Å². The van der Waals surface area contributed by atoms with E-state index < -0.39 is 0 Å². The van der Waals surface area contributed by atoms with Crippen molar-refractivity contribution in [3.8, 4) is 0 Å². The number of rotatable bonds is 0. The van der Waals surface area contributed by atoms with Crippen LogP contribution in [0.2, 0.25) is 0 Å². The SMILES string of the molecule is c1ccc2c(c1)ccc1c2[nH]c2ccc3c4ccc5ccccc5c4sc3c21. The minimum absolute atomic E-state index is 1.22. The van der Waals surface area contributed by atoms with Crippen LogP contribution in [0.4, 0.5) is 0 Å². The fourth-order valence-corrected chi connectivity index (χ4v) is 6.09. The van der Waals surface area contributed by atoms with Crippen molar-refractivity contribution >= 4 is 74.9 Å². The predicted octanol–water partition coefficient (Wildman–Crippen LogP) is 8.00. The number of thiophene rings is 1. The molecule has 2 aromatic heterocycles. The van der Waals surface area contributed by atoms with Gasteiger partial charge in [-0.2, -0.15) is 0 Å². The van der Waals surface area contributed by atoms with Gasteiger partial charge in [0.25, 0.3) is 0 Å². The van der Waals surface area contributed by atoms with Gasteiger partial charge in [-0.15, -0.1) is 11.3 Å². The Bertz CT molecular complexity index is 1720. The Balaban J connectivity index is 1.74.